The van der Waals surface area contributed by atoms with Crippen LogP contribution >= 0.6 is 0 Å². The van der Waals surface area contributed by atoms with Crippen LogP contribution in [-0.2, 0) is 19.9 Å². The average molecular weight is 325 g/mol. The normalized spacial score (nSPS) is 10.8. The number of rotatable bonds is 6. The van der Waals surface area contributed by atoms with E-state index in [0.717, 1.165) is 17.8 Å². The Hall–Kier alpha value is -2.96. The van der Waals surface area contributed by atoms with Gasteiger partial charge < -0.3 is 14.4 Å². The van der Waals surface area contributed by atoms with Crippen LogP contribution in [0.4, 0.5) is 0 Å². The topological polar surface area (TPSA) is 85.8 Å². The standard InChI is InChI=1S/C17H19N5O2/c1-3-14-20-15(24-21-14)7-8-19-17(23)13-6-4-5-12(11-13)16-18-9-10-22(16)2/h4-6,9-11H,3,7-8H2,1-2H3,(H,19,23). The van der Waals surface area contributed by atoms with Gasteiger partial charge in [0.1, 0.15) is 5.82 Å². The Labute approximate surface area is 139 Å². The summed E-state index contributed by atoms with van der Waals surface area (Å²) >= 11 is 0. The molecule has 0 unspecified atom stereocenters. The van der Waals surface area contributed by atoms with E-state index in [0.29, 0.717) is 30.2 Å². The molecular formula is C17H19N5O2. The smallest absolute Gasteiger partial charge is 0.251 e. The number of hydrogen-bond acceptors (Lipinski definition) is 5. The van der Waals surface area contributed by atoms with E-state index in [2.05, 4.69) is 20.4 Å². The van der Waals surface area contributed by atoms with Crippen molar-refractivity contribution < 1.29 is 9.32 Å². The molecular weight excluding hydrogens is 306 g/mol. The van der Waals surface area contributed by atoms with Gasteiger partial charge in [-0.25, -0.2) is 4.98 Å². The van der Waals surface area contributed by atoms with Gasteiger partial charge in [0, 0.05) is 50.0 Å². The third kappa shape index (κ3) is 3.51. The van der Waals surface area contributed by atoms with Crippen LogP contribution in [0.1, 0.15) is 29.0 Å². The number of benzene rings is 1. The number of imidazole rings is 1. The van der Waals surface area contributed by atoms with Crippen LogP contribution in [-0.4, -0.2) is 32.1 Å². The van der Waals surface area contributed by atoms with Crippen LogP contribution in [0.3, 0.4) is 0 Å². The van der Waals surface area contributed by atoms with E-state index in [1.54, 1.807) is 12.3 Å². The summed E-state index contributed by atoms with van der Waals surface area (Å²) in [7, 11) is 1.92. The Kier molecular flexibility index (Phi) is 4.69. The van der Waals surface area contributed by atoms with E-state index in [1.807, 2.05) is 42.9 Å². The highest BCUT2D eigenvalue weighted by Gasteiger charge is 2.10. The van der Waals surface area contributed by atoms with E-state index in [4.69, 9.17) is 4.52 Å². The van der Waals surface area contributed by atoms with Gasteiger partial charge in [0.05, 0.1) is 0 Å². The maximum Gasteiger partial charge on any atom is 0.251 e. The molecule has 0 spiro atoms. The molecule has 2 heterocycles. The molecule has 2 aromatic heterocycles. The van der Waals surface area contributed by atoms with Gasteiger partial charge in [0.25, 0.3) is 5.91 Å². The fourth-order valence-corrected chi connectivity index (χ4v) is 2.36. The van der Waals surface area contributed by atoms with Crippen molar-refractivity contribution in [3.8, 4) is 11.4 Å². The minimum atomic E-state index is -0.138. The molecule has 1 aromatic carbocycles. The maximum absolute atomic E-state index is 12.3. The third-order valence-corrected chi connectivity index (χ3v) is 3.65. The summed E-state index contributed by atoms with van der Waals surface area (Å²) in [6.45, 7) is 2.40. The van der Waals surface area contributed by atoms with Crippen molar-refractivity contribution in [3.05, 3.63) is 53.9 Å². The first-order chi connectivity index (χ1) is 11.7. The average Bonchev–Trinajstić information content (AvgIpc) is 3.23. The molecule has 0 saturated carbocycles. The molecule has 0 saturated heterocycles. The summed E-state index contributed by atoms with van der Waals surface area (Å²) in [5, 5.41) is 6.70. The SMILES string of the molecule is CCc1noc(CCNC(=O)c2cccc(-c3nccn3C)c2)n1. The number of hydrogen-bond donors (Lipinski definition) is 1. The molecule has 0 fully saturated rings. The molecule has 124 valence electrons. The molecule has 0 atom stereocenters. The molecule has 0 aliphatic rings. The van der Waals surface area contributed by atoms with Crippen molar-refractivity contribution >= 4 is 5.91 Å². The minimum Gasteiger partial charge on any atom is -0.352 e. The number of nitrogens with one attached hydrogen (secondary N) is 1. The molecule has 0 radical (unpaired) electrons. The van der Waals surface area contributed by atoms with E-state index < -0.39 is 0 Å². The van der Waals surface area contributed by atoms with E-state index >= 15 is 0 Å². The number of aromatic nitrogens is 4. The van der Waals surface area contributed by atoms with Crippen molar-refractivity contribution in [2.24, 2.45) is 7.05 Å². The Balaban J connectivity index is 1.62. The lowest BCUT2D eigenvalue weighted by Crippen LogP contribution is -2.25. The second-order valence-electron chi connectivity index (χ2n) is 5.41. The fraction of sp³-hybridized carbons (Fsp3) is 0.294. The lowest BCUT2D eigenvalue weighted by atomic mass is 10.1. The molecule has 1 N–H and O–H groups in total. The van der Waals surface area contributed by atoms with Crippen LogP contribution in [0.15, 0.2) is 41.2 Å². The maximum atomic E-state index is 12.3. The van der Waals surface area contributed by atoms with Crippen LogP contribution in [0, 0.1) is 0 Å². The Bertz CT molecular complexity index is 837. The zero-order valence-electron chi connectivity index (χ0n) is 13.7. The molecule has 3 rings (SSSR count). The molecule has 0 bridgehead atoms. The van der Waals surface area contributed by atoms with E-state index in [9.17, 15) is 4.79 Å². The number of aryl methyl sites for hydroxylation is 2. The first-order valence-corrected chi connectivity index (χ1v) is 7.84. The molecule has 0 aliphatic carbocycles. The molecule has 3 aromatic rings. The molecule has 24 heavy (non-hydrogen) atoms. The Morgan fingerprint density at radius 1 is 1.38 bits per heavy atom. The van der Waals surface area contributed by atoms with Crippen LogP contribution < -0.4 is 5.32 Å². The minimum absolute atomic E-state index is 0.138. The lowest BCUT2D eigenvalue weighted by Gasteiger charge is -2.06. The van der Waals surface area contributed by atoms with Gasteiger partial charge in [0.15, 0.2) is 5.82 Å². The number of nitrogens with zero attached hydrogens (tertiary/aromatic N) is 4. The van der Waals surface area contributed by atoms with Gasteiger partial charge in [-0.1, -0.05) is 24.2 Å². The van der Waals surface area contributed by atoms with Gasteiger partial charge in [-0.05, 0) is 12.1 Å². The Morgan fingerprint density at radius 3 is 2.96 bits per heavy atom. The molecule has 7 heteroatoms. The van der Waals surface area contributed by atoms with Crippen molar-refractivity contribution in [1.29, 1.82) is 0 Å². The van der Waals surface area contributed by atoms with Crippen LogP contribution in [0.5, 0.6) is 0 Å². The summed E-state index contributed by atoms with van der Waals surface area (Å²) < 4.78 is 7.02. The van der Waals surface area contributed by atoms with Gasteiger partial charge in [-0.3, -0.25) is 4.79 Å². The highest BCUT2D eigenvalue weighted by Crippen LogP contribution is 2.17. The van der Waals surface area contributed by atoms with Gasteiger partial charge in [-0.2, -0.15) is 4.98 Å². The quantitative estimate of drug-likeness (QED) is 0.749. The van der Waals surface area contributed by atoms with Crippen LogP contribution in [0.25, 0.3) is 11.4 Å². The zero-order valence-corrected chi connectivity index (χ0v) is 13.7. The summed E-state index contributed by atoms with van der Waals surface area (Å²) in [6, 6.07) is 7.40. The largest absolute Gasteiger partial charge is 0.352 e. The van der Waals surface area contributed by atoms with Gasteiger partial charge in [-0.15, -0.1) is 0 Å². The summed E-state index contributed by atoms with van der Waals surface area (Å²) in [6.07, 6.45) is 4.85. The third-order valence-electron chi connectivity index (χ3n) is 3.65. The van der Waals surface area contributed by atoms with Crippen LogP contribution in [0.2, 0.25) is 0 Å². The highest BCUT2D eigenvalue weighted by molar-refractivity contribution is 5.95. The monoisotopic (exact) mass is 325 g/mol. The van der Waals surface area contributed by atoms with E-state index in [1.165, 1.54) is 0 Å². The fourth-order valence-electron chi connectivity index (χ4n) is 2.36. The molecule has 0 aliphatic heterocycles. The number of amides is 1. The van der Waals surface area contributed by atoms with Gasteiger partial charge in [0.2, 0.25) is 5.89 Å². The summed E-state index contributed by atoms with van der Waals surface area (Å²) in [4.78, 5) is 20.8. The molecule has 1 amide bonds. The Morgan fingerprint density at radius 2 is 2.25 bits per heavy atom. The van der Waals surface area contributed by atoms with E-state index in [-0.39, 0.29) is 5.91 Å². The van der Waals surface area contributed by atoms with Crippen molar-refractivity contribution in [3.63, 3.8) is 0 Å². The van der Waals surface area contributed by atoms with Crippen molar-refractivity contribution in [2.45, 2.75) is 19.8 Å². The second kappa shape index (κ2) is 7.08. The predicted molar refractivity (Wildman–Crippen MR) is 88.4 cm³/mol. The molecule has 7 nitrogen and oxygen atoms in total. The highest BCUT2D eigenvalue weighted by atomic mass is 16.5. The second-order valence-corrected chi connectivity index (χ2v) is 5.41. The number of carbonyl (C=O) groups is 1. The first-order valence-electron chi connectivity index (χ1n) is 7.84. The van der Waals surface area contributed by atoms with Crippen molar-refractivity contribution in [2.75, 3.05) is 6.54 Å². The summed E-state index contributed by atoms with van der Waals surface area (Å²) in [5.41, 5.74) is 1.50. The first kappa shape index (κ1) is 15.9. The predicted octanol–water partition coefficient (Wildman–Crippen LogP) is 2.00. The summed E-state index contributed by atoms with van der Waals surface area (Å²) in [5.74, 6) is 1.90. The van der Waals surface area contributed by atoms with Gasteiger partial charge >= 0.3 is 0 Å². The number of carbonyl (C=O) groups excluding carboxylic acids is 1. The lowest BCUT2D eigenvalue weighted by molar-refractivity contribution is 0.0953. The zero-order chi connectivity index (χ0) is 16.9. The van der Waals surface area contributed by atoms with Crippen molar-refractivity contribution in [1.82, 2.24) is 25.0 Å².